The van der Waals surface area contributed by atoms with E-state index in [9.17, 15) is 0 Å². The Kier molecular flexibility index (Phi) is 6.86. The van der Waals surface area contributed by atoms with E-state index in [2.05, 4.69) is 54.3 Å². The van der Waals surface area contributed by atoms with E-state index in [0.717, 1.165) is 39.1 Å². The van der Waals surface area contributed by atoms with Crippen LogP contribution in [0.1, 0.15) is 57.5 Å². The number of benzene rings is 1. The quantitative estimate of drug-likeness (QED) is 0.491. The summed E-state index contributed by atoms with van der Waals surface area (Å²) >= 11 is 1.66. The van der Waals surface area contributed by atoms with Crippen LogP contribution in [0.4, 0.5) is 5.82 Å². The molecule has 0 aliphatic carbocycles. The first-order valence-electron chi connectivity index (χ1n) is 10.2. The van der Waals surface area contributed by atoms with E-state index in [1.807, 2.05) is 6.92 Å². The summed E-state index contributed by atoms with van der Waals surface area (Å²) in [5.74, 6) is 0.501. The molecule has 3 N–H and O–H groups in total. The number of aryl methyl sites for hydroxylation is 1. The minimum atomic E-state index is 0.203. The third-order valence-electron chi connectivity index (χ3n) is 4.69. The van der Waals surface area contributed by atoms with Crippen LogP contribution in [-0.4, -0.2) is 28.7 Å². The van der Waals surface area contributed by atoms with Crippen molar-refractivity contribution in [1.82, 2.24) is 15.3 Å². The van der Waals surface area contributed by atoms with Crippen molar-refractivity contribution in [2.24, 2.45) is 0 Å². The van der Waals surface area contributed by atoms with E-state index in [4.69, 9.17) is 10.5 Å². The summed E-state index contributed by atoms with van der Waals surface area (Å²) in [6.07, 6.45) is 4.72. The van der Waals surface area contributed by atoms with Crippen molar-refractivity contribution in [2.75, 3.05) is 18.9 Å². The summed E-state index contributed by atoms with van der Waals surface area (Å²) in [4.78, 5) is 9.20. The molecule has 0 saturated heterocycles. The first-order chi connectivity index (χ1) is 13.4. The highest BCUT2D eigenvalue weighted by molar-refractivity contribution is 7.19. The van der Waals surface area contributed by atoms with E-state index in [1.165, 1.54) is 24.8 Å². The lowest BCUT2D eigenvalue weighted by Gasteiger charge is -2.20. The smallest absolute Gasteiger partial charge is 0.151 e. The fraction of sp³-hybridized carbons (Fsp3) is 0.545. The number of nitrogen functional groups attached to an aromatic ring is 1. The van der Waals surface area contributed by atoms with E-state index in [1.54, 1.807) is 11.3 Å². The monoisotopic (exact) mass is 400 g/mol. The number of ether oxygens (including phenoxy) is 1. The number of fused-ring (bicyclic) bond motifs is 3. The van der Waals surface area contributed by atoms with E-state index in [-0.39, 0.29) is 5.54 Å². The molecule has 0 amide bonds. The molecule has 0 fully saturated rings. The second kappa shape index (κ2) is 9.16. The zero-order chi connectivity index (χ0) is 20.1. The lowest BCUT2D eigenvalue weighted by Crippen LogP contribution is -2.36. The molecule has 2 heterocycles. The average Bonchev–Trinajstić information content (AvgIpc) is 3.07. The summed E-state index contributed by atoms with van der Waals surface area (Å²) in [7, 11) is 0. The number of pyridine rings is 1. The van der Waals surface area contributed by atoms with Gasteiger partial charge in [0.05, 0.1) is 16.8 Å². The van der Waals surface area contributed by atoms with Gasteiger partial charge in [0.1, 0.15) is 10.5 Å². The molecule has 152 valence electrons. The molecule has 0 saturated carbocycles. The molecule has 1 aromatic carbocycles. The van der Waals surface area contributed by atoms with Crippen LogP contribution in [0.25, 0.3) is 21.1 Å². The number of nitrogens with two attached hydrogens (primary N) is 1. The molecule has 0 aliphatic heterocycles. The second-order valence-electron chi connectivity index (χ2n) is 8.26. The standard InChI is InChI=1S/C22H32N4OS/c1-5-27-14-18-26-19-20(28-18)16-13-15(10-11-17(16)25-21(19)23)9-7-6-8-12-24-22(2,3)4/h10-11,13,24H,5-9,12,14H2,1-4H3,(H2,23,25). The number of thiazole rings is 1. The zero-order valence-electron chi connectivity index (χ0n) is 17.5. The molecule has 3 rings (SSSR count). The Bertz CT molecular complexity index is 930. The maximum absolute atomic E-state index is 6.15. The van der Waals surface area contributed by atoms with E-state index < -0.39 is 0 Å². The van der Waals surface area contributed by atoms with Crippen molar-refractivity contribution in [2.45, 2.75) is 65.5 Å². The van der Waals surface area contributed by atoms with Gasteiger partial charge in [-0.15, -0.1) is 11.3 Å². The van der Waals surface area contributed by atoms with Gasteiger partial charge in [-0.25, -0.2) is 9.97 Å². The van der Waals surface area contributed by atoms with Gasteiger partial charge in [0.15, 0.2) is 5.82 Å². The molecule has 6 heteroatoms. The predicted molar refractivity (Wildman–Crippen MR) is 120 cm³/mol. The second-order valence-corrected chi connectivity index (χ2v) is 9.34. The predicted octanol–water partition coefficient (Wildman–Crippen LogP) is 5.06. The number of hydrogen-bond acceptors (Lipinski definition) is 6. The van der Waals surface area contributed by atoms with Crippen molar-refractivity contribution < 1.29 is 4.74 Å². The van der Waals surface area contributed by atoms with Crippen LogP contribution in [0.5, 0.6) is 0 Å². The van der Waals surface area contributed by atoms with Crippen molar-refractivity contribution in [3.8, 4) is 0 Å². The maximum atomic E-state index is 6.15. The van der Waals surface area contributed by atoms with Gasteiger partial charge in [0.25, 0.3) is 0 Å². The fourth-order valence-corrected chi connectivity index (χ4v) is 4.30. The Hall–Kier alpha value is -1.76. The van der Waals surface area contributed by atoms with E-state index in [0.29, 0.717) is 19.0 Å². The lowest BCUT2D eigenvalue weighted by molar-refractivity contribution is 0.134. The van der Waals surface area contributed by atoms with Gasteiger partial charge in [-0.05, 0) is 71.2 Å². The number of anilines is 1. The van der Waals surface area contributed by atoms with Crippen LogP contribution in [0.3, 0.4) is 0 Å². The van der Waals surface area contributed by atoms with Crippen LogP contribution < -0.4 is 11.1 Å². The fourth-order valence-electron chi connectivity index (χ4n) is 3.27. The molecule has 2 aromatic heterocycles. The minimum absolute atomic E-state index is 0.203. The number of nitrogens with one attached hydrogen (secondary N) is 1. The third kappa shape index (κ3) is 5.40. The summed E-state index contributed by atoms with van der Waals surface area (Å²) < 4.78 is 6.63. The number of unbranched alkanes of at least 4 members (excludes halogenated alkanes) is 2. The van der Waals surface area contributed by atoms with Crippen molar-refractivity contribution >= 4 is 38.3 Å². The molecule has 0 bridgehead atoms. The topological polar surface area (TPSA) is 73.1 Å². The highest BCUT2D eigenvalue weighted by Gasteiger charge is 2.13. The number of rotatable bonds is 9. The number of nitrogens with zero attached hydrogens (tertiary/aromatic N) is 2. The first kappa shape index (κ1) is 21.0. The maximum Gasteiger partial charge on any atom is 0.151 e. The molecule has 0 spiro atoms. The molecule has 0 atom stereocenters. The van der Waals surface area contributed by atoms with Crippen molar-refractivity contribution in [3.63, 3.8) is 0 Å². The van der Waals surface area contributed by atoms with Crippen molar-refractivity contribution in [1.29, 1.82) is 0 Å². The minimum Gasteiger partial charge on any atom is -0.382 e. The Morgan fingerprint density at radius 3 is 2.71 bits per heavy atom. The SMILES string of the molecule is CCOCc1nc2c(N)nc3ccc(CCCCCNC(C)(C)C)cc3c2s1. The molecule has 0 aliphatic rings. The molecule has 28 heavy (non-hydrogen) atoms. The summed E-state index contributed by atoms with van der Waals surface area (Å²) in [6.45, 7) is 10.9. The largest absolute Gasteiger partial charge is 0.382 e. The number of hydrogen-bond donors (Lipinski definition) is 2. The lowest BCUT2D eigenvalue weighted by atomic mass is 10.0. The normalized spacial score (nSPS) is 12.3. The van der Waals surface area contributed by atoms with Crippen LogP contribution in [-0.2, 0) is 17.8 Å². The van der Waals surface area contributed by atoms with Gasteiger partial charge in [-0.2, -0.15) is 0 Å². The molecular formula is C22H32N4OS. The Balaban J connectivity index is 1.70. The summed E-state index contributed by atoms with van der Waals surface area (Å²) in [5, 5.41) is 5.65. The molecule has 0 unspecified atom stereocenters. The Labute approximate surface area is 171 Å². The highest BCUT2D eigenvalue weighted by atomic mass is 32.1. The highest BCUT2D eigenvalue weighted by Crippen LogP contribution is 2.33. The molecule has 3 aromatic rings. The van der Waals surface area contributed by atoms with Gasteiger partial charge >= 0.3 is 0 Å². The first-order valence-corrected chi connectivity index (χ1v) is 11.0. The van der Waals surface area contributed by atoms with Crippen LogP contribution in [0.2, 0.25) is 0 Å². The zero-order valence-corrected chi connectivity index (χ0v) is 18.3. The molecule has 5 nitrogen and oxygen atoms in total. The van der Waals surface area contributed by atoms with Gasteiger partial charge in [0.2, 0.25) is 0 Å². The van der Waals surface area contributed by atoms with Gasteiger partial charge in [0, 0.05) is 17.5 Å². The molecule has 0 radical (unpaired) electrons. The Morgan fingerprint density at radius 2 is 1.96 bits per heavy atom. The van der Waals surface area contributed by atoms with Crippen LogP contribution in [0, 0.1) is 0 Å². The van der Waals surface area contributed by atoms with Gasteiger partial charge < -0.3 is 15.8 Å². The van der Waals surface area contributed by atoms with Crippen LogP contribution in [0.15, 0.2) is 18.2 Å². The van der Waals surface area contributed by atoms with Gasteiger partial charge in [-0.3, -0.25) is 0 Å². The van der Waals surface area contributed by atoms with Gasteiger partial charge in [-0.1, -0.05) is 12.5 Å². The average molecular weight is 401 g/mol. The van der Waals surface area contributed by atoms with Crippen LogP contribution >= 0.6 is 11.3 Å². The Morgan fingerprint density at radius 1 is 1.14 bits per heavy atom. The summed E-state index contributed by atoms with van der Waals surface area (Å²) in [5.41, 5.74) is 9.44. The number of aromatic nitrogens is 2. The van der Waals surface area contributed by atoms with E-state index >= 15 is 0 Å². The van der Waals surface area contributed by atoms with Crippen molar-refractivity contribution in [3.05, 3.63) is 28.8 Å². The molecular weight excluding hydrogens is 368 g/mol. The third-order valence-corrected chi connectivity index (χ3v) is 5.75. The summed E-state index contributed by atoms with van der Waals surface area (Å²) in [6, 6.07) is 6.53.